The number of aliphatic hydroxyl groups is 1. The maximum atomic E-state index is 12.5. The number of hydrogen-bond acceptors (Lipinski definition) is 3. The number of nitrogens with one attached hydrogen (secondary N) is 1. The molecule has 1 heterocycles. The number of β-amino-alcohol motifs (C(OH)–C–C–N with tert-alkyl or cyclic N) is 1. The Bertz CT molecular complexity index is 397. The van der Waals surface area contributed by atoms with Gasteiger partial charge in [0.2, 0.25) is 0 Å². The van der Waals surface area contributed by atoms with Crippen molar-refractivity contribution in [2.45, 2.75) is 18.2 Å². The summed E-state index contributed by atoms with van der Waals surface area (Å²) in [5.74, 6) is -1.19. The summed E-state index contributed by atoms with van der Waals surface area (Å²) in [7, 11) is 0. The van der Waals surface area contributed by atoms with Gasteiger partial charge in [-0.15, -0.1) is 0 Å². The van der Waals surface area contributed by atoms with E-state index in [1.54, 1.807) is 0 Å². The van der Waals surface area contributed by atoms with E-state index in [0.29, 0.717) is 0 Å². The quantitative estimate of drug-likeness (QED) is 0.651. The standard InChI is InChI=1S/C10H13F3N2O4/c11-10(12,13)9(19)3-5-15(6-9)8(18)14-4-1-2-7(16)17/h1-2,19H,3-6H2,(H,14,18)(H,16,17)/b2-1+. The van der Waals surface area contributed by atoms with E-state index >= 15 is 0 Å². The summed E-state index contributed by atoms with van der Waals surface area (Å²) in [4.78, 5) is 22.4. The summed E-state index contributed by atoms with van der Waals surface area (Å²) in [5, 5.41) is 19.9. The smallest absolute Gasteiger partial charge is 0.419 e. The molecular weight excluding hydrogens is 269 g/mol. The van der Waals surface area contributed by atoms with Crippen LogP contribution in [-0.4, -0.2) is 58.5 Å². The molecular formula is C10H13F3N2O4. The Morgan fingerprint density at radius 3 is 2.53 bits per heavy atom. The normalized spacial score (nSPS) is 23.9. The van der Waals surface area contributed by atoms with E-state index in [0.717, 1.165) is 17.1 Å². The van der Waals surface area contributed by atoms with E-state index < -0.39 is 36.7 Å². The number of hydrogen-bond donors (Lipinski definition) is 3. The van der Waals surface area contributed by atoms with Gasteiger partial charge in [0.15, 0.2) is 5.60 Å². The van der Waals surface area contributed by atoms with Crippen molar-refractivity contribution < 1.29 is 33.0 Å². The van der Waals surface area contributed by atoms with Crippen molar-refractivity contribution in [1.29, 1.82) is 0 Å². The first kappa shape index (κ1) is 15.3. The van der Waals surface area contributed by atoms with E-state index in [-0.39, 0.29) is 13.1 Å². The number of carbonyl (C=O) groups excluding carboxylic acids is 1. The third-order valence-corrected chi connectivity index (χ3v) is 2.69. The lowest BCUT2D eigenvalue weighted by molar-refractivity contribution is -0.253. The number of likely N-dealkylation sites (tertiary alicyclic amines) is 1. The average Bonchev–Trinajstić information content (AvgIpc) is 2.67. The van der Waals surface area contributed by atoms with Gasteiger partial charge >= 0.3 is 18.2 Å². The zero-order chi connectivity index (χ0) is 14.7. The molecule has 0 spiro atoms. The van der Waals surface area contributed by atoms with E-state index in [2.05, 4.69) is 5.32 Å². The van der Waals surface area contributed by atoms with Crippen LogP contribution in [0.25, 0.3) is 0 Å². The van der Waals surface area contributed by atoms with Crippen LogP contribution in [0.2, 0.25) is 0 Å². The highest BCUT2D eigenvalue weighted by molar-refractivity contribution is 5.80. The van der Waals surface area contributed by atoms with Crippen LogP contribution in [0.15, 0.2) is 12.2 Å². The van der Waals surface area contributed by atoms with Crippen molar-refractivity contribution >= 4 is 12.0 Å². The zero-order valence-corrected chi connectivity index (χ0v) is 9.78. The van der Waals surface area contributed by atoms with E-state index in [1.165, 1.54) is 0 Å². The number of carboxylic acids is 1. The Hall–Kier alpha value is -1.77. The van der Waals surface area contributed by atoms with Crippen LogP contribution in [0.5, 0.6) is 0 Å². The molecule has 1 rings (SSSR count). The maximum absolute atomic E-state index is 12.5. The van der Waals surface area contributed by atoms with Crippen LogP contribution in [0.3, 0.4) is 0 Å². The summed E-state index contributed by atoms with van der Waals surface area (Å²) in [6.07, 6.45) is -3.41. The first-order valence-corrected chi connectivity index (χ1v) is 5.37. The van der Waals surface area contributed by atoms with Crippen molar-refractivity contribution in [3.63, 3.8) is 0 Å². The van der Waals surface area contributed by atoms with Crippen LogP contribution in [0, 0.1) is 0 Å². The molecule has 0 aliphatic carbocycles. The van der Waals surface area contributed by atoms with Crippen LogP contribution in [-0.2, 0) is 4.79 Å². The number of amides is 2. The number of urea groups is 1. The predicted molar refractivity (Wildman–Crippen MR) is 57.4 cm³/mol. The molecule has 1 unspecified atom stereocenters. The maximum Gasteiger partial charge on any atom is 0.419 e. The minimum absolute atomic E-state index is 0.119. The fourth-order valence-corrected chi connectivity index (χ4v) is 1.62. The number of carbonyl (C=O) groups is 2. The summed E-state index contributed by atoms with van der Waals surface area (Å²) in [5.41, 5.74) is -2.87. The number of carboxylic acid groups (broad SMARTS) is 1. The van der Waals surface area contributed by atoms with Crippen LogP contribution in [0.1, 0.15) is 6.42 Å². The third kappa shape index (κ3) is 3.85. The van der Waals surface area contributed by atoms with Crippen LogP contribution in [0.4, 0.5) is 18.0 Å². The van der Waals surface area contributed by atoms with Crippen molar-refractivity contribution in [3.8, 4) is 0 Å². The third-order valence-electron chi connectivity index (χ3n) is 2.69. The molecule has 0 aromatic carbocycles. The molecule has 0 bridgehead atoms. The largest absolute Gasteiger partial charge is 0.478 e. The molecule has 0 aromatic rings. The van der Waals surface area contributed by atoms with Gasteiger partial charge in [0.25, 0.3) is 0 Å². The first-order chi connectivity index (χ1) is 8.66. The van der Waals surface area contributed by atoms with Gasteiger partial charge in [0.1, 0.15) is 0 Å². The molecule has 1 aliphatic rings. The van der Waals surface area contributed by atoms with E-state index in [9.17, 15) is 27.9 Å². The summed E-state index contributed by atoms with van der Waals surface area (Å²) < 4.78 is 37.5. The Morgan fingerprint density at radius 1 is 1.42 bits per heavy atom. The van der Waals surface area contributed by atoms with Gasteiger partial charge in [0.05, 0.1) is 6.54 Å². The first-order valence-electron chi connectivity index (χ1n) is 5.37. The molecule has 6 nitrogen and oxygen atoms in total. The fourth-order valence-electron chi connectivity index (χ4n) is 1.62. The average molecular weight is 282 g/mol. The van der Waals surface area contributed by atoms with Crippen LogP contribution < -0.4 is 5.32 Å². The van der Waals surface area contributed by atoms with Gasteiger partial charge in [-0.1, -0.05) is 6.08 Å². The van der Waals surface area contributed by atoms with E-state index in [1.807, 2.05) is 0 Å². The van der Waals surface area contributed by atoms with Crippen LogP contribution >= 0.6 is 0 Å². The molecule has 1 fully saturated rings. The highest BCUT2D eigenvalue weighted by atomic mass is 19.4. The lowest BCUT2D eigenvalue weighted by atomic mass is 10.0. The monoisotopic (exact) mass is 282 g/mol. The molecule has 0 saturated carbocycles. The number of halogens is 3. The van der Waals surface area contributed by atoms with Crippen molar-refractivity contribution in [2.75, 3.05) is 19.6 Å². The minimum Gasteiger partial charge on any atom is -0.478 e. The van der Waals surface area contributed by atoms with Gasteiger partial charge in [-0.05, 0) is 0 Å². The second-order valence-corrected chi connectivity index (χ2v) is 4.13. The molecule has 0 radical (unpaired) electrons. The topological polar surface area (TPSA) is 89.9 Å². The summed E-state index contributed by atoms with van der Waals surface area (Å²) in [6.45, 7) is -1.17. The lowest BCUT2D eigenvalue weighted by Gasteiger charge is -2.25. The second kappa shape index (κ2) is 5.47. The molecule has 1 saturated heterocycles. The Labute approximate surface area is 106 Å². The van der Waals surface area contributed by atoms with Crippen molar-refractivity contribution in [3.05, 3.63) is 12.2 Å². The minimum atomic E-state index is -4.79. The molecule has 2 amide bonds. The summed E-state index contributed by atoms with van der Waals surface area (Å²) >= 11 is 0. The SMILES string of the molecule is O=C(O)/C=C/CNC(=O)N1CCC(O)(C(F)(F)F)C1. The fraction of sp³-hybridized carbons (Fsp3) is 0.600. The highest BCUT2D eigenvalue weighted by Crippen LogP contribution is 2.37. The zero-order valence-electron chi connectivity index (χ0n) is 9.78. The number of alkyl halides is 3. The Balaban J connectivity index is 2.47. The Morgan fingerprint density at radius 2 is 2.05 bits per heavy atom. The summed E-state index contributed by atoms with van der Waals surface area (Å²) in [6, 6.07) is -0.782. The van der Waals surface area contributed by atoms with Gasteiger partial charge in [-0.25, -0.2) is 9.59 Å². The highest BCUT2D eigenvalue weighted by Gasteiger charge is 2.57. The van der Waals surface area contributed by atoms with Gasteiger partial charge in [0, 0.05) is 25.6 Å². The molecule has 0 aromatic heterocycles. The predicted octanol–water partition coefficient (Wildman–Crippen LogP) is 0.336. The number of nitrogens with zero attached hydrogens (tertiary/aromatic N) is 1. The second-order valence-electron chi connectivity index (χ2n) is 4.13. The molecule has 1 atom stereocenters. The lowest BCUT2D eigenvalue weighted by Crippen LogP contribution is -2.49. The van der Waals surface area contributed by atoms with Gasteiger partial charge in [-0.3, -0.25) is 0 Å². The van der Waals surface area contributed by atoms with Crippen molar-refractivity contribution in [2.24, 2.45) is 0 Å². The number of aliphatic carboxylic acids is 1. The number of rotatable bonds is 3. The molecule has 9 heteroatoms. The molecule has 3 N–H and O–H groups in total. The molecule has 108 valence electrons. The Kier molecular flexibility index (Phi) is 4.40. The molecule has 1 aliphatic heterocycles. The van der Waals surface area contributed by atoms with Gasteiger partial charge in [-0.2, -0.15) is 13.2 Å². The van der Waals surface area contributed by atoms with E-state index in [4.69, 9.17) is 5.11 Å². The van der Waals surface area contributed by atoms with Gasteiger partial charge < -0.3 is 20.4 Å². The van der Waals surface area contributed by atoms with Crippen molar-refractivity contribution in [1.82, 2.24) is 10.2 Å². The molecule has 19 heavy (non-hydrogen) atoms.